The Morgan fingerprint density at radius 1 is 1.09 bits per heavy atom. The summed E-state index contributed by atoms with van der Waals surface area (Å²) >= 11 is 11.9. The third kappa shape index (κ3) is 6.36. The number of nitrogens with two attached hydrogens (primary N) is 1. The summed E-state index contributed by atoms with van der Waals surface area (Å²) in [6.45, 7) is 0.242. The third-order valence-corrected chi connectivity index (χ3v) is 6.07. The summed E-state index contributed by atoms with van der Waals surface area (Å²) in [5.74, 6) is 0. The van der Waals surface area contributed by atoms with Crippen molar-refractivity contribution in [2.45, 2.75) is 23.8 Å². The quantitative estimate of drug-likeness (QED) is 0.527. The lowest BCUT2D eigenvalue weighted by molar-refractivity contribution is -0.0876. The maximum Gasteiger partial charge on any atom is 0.419 e. The lowest BCUT2D eigenvalue weighted by atomic mass is 10.1. The van der Waals surface area contributed by atoms with Crippen LogP contribution in [0.4, 0.5) is 18.9 Å². The summed E-state index contributed by atoms with van der Waals surface area (Å²) in [6.07, 6.45) is -3.39. The Balaban J connectivity index is 1.70. The molecule has 4 N–H and O–H groups in total. The molecule has 1 heterocycles. The molecule has 0 fully saturated rings. The van der Waals surface area contributed by atoms with Crippen LogP contribution in [0.15, 0.2) is 64.1 Å². The van der Waals surface area contributed by atoms with E-state index in [0.717, 1.165) is 18.0 Å². The lowest BCUT2D eigenvalue weighted by Gasteiger charge is -2.32. The number of hydrogen-bond donors (Lipinski definition) is 3. The minimum absolute atomic E-state index is 0.0248. The molecule has 1 aliphatic heterocycles. The van der Waals surface area contributed by atoms with Crippen molar-refractivity contribution in [3.8, 4) is 0 Å². The molecule has 3 rings (SSSR count). The normalized spacial score (nSPS) is 16.8. The molecule has 0 bridgehead atoms. The van der Waals surface area contributed by atoms with Crippen LogP contribution < -0.4 is 15.9 Å². The number of nitrogens with one attached hydrogen (secondary N) is 2. The van der Waals surface area contributed by atoms with E-state index in [9.17, 15) is 21.6 Å². The number of sulfonamides is 1. The summed E-state index contributed by atoms with van der Waals surface area (Å²) in [4.78, 5) is 3.93. The fourth-order valence-electron chi connectivity index (χ4n) is 2.77. The van der Waals surface area contributed by atoms with Crippen molar-refractivity contribution >= 4 is 45.1 Å². The molecule has 13 heteroatoms. The van der Waals surface area contributed by atoms with Gasteiger partial charge in [0.1, 0.15) is 0 Å². The van der Waals surface area contributed by atoms with Gasteiger partial charge in [-0.05, 0) is 42.3 Å². The summed E-state index contributed by atoms with van der Waals surface area (Å²) < 4.78 is 62.1. The van der Waals surface area contributed by atoms with Crippen molar-refractivity contribution in [3.05, 3.63) is 69.8 Å². The maximum absolute atomic E-state index is 13.2. The van der Waals surface area contributed by atoms with Gasteiger partial charge in [-0.3, -0.25) is 5.01 Å². The van der Waals surface area contributed by atoms with Crippen molar-refractivity contribution in [1.82, 2.24) is 10.4 Å². The van der Waals surface area contributed by atoms with Gasteiger partial charge < -0.3 is 5.32 Å². The van der Waals surface area contributed by atoms with Crippen LogP contribution >= 0.6 is 23.2 Å². The molecule has 0 amide bonds. The summed E-state index contributed by atoms with van der Waals surface area (Å²) in [7, 11) is -3.80. The van der Waals surface area contributed by atoms with Crippen LogP contribution in [0, 0.1) is 0 Å². The van der Waals surface area contributed by atoms with Gasteiger partial charge in [0.25, 0.3) is 0 Å². The van der Waals surface area contributed by atoms with Gasteiger partial charge in [-0.15, -0.1) is 0 Å². The predicted molar refractivity (Wildman–Crippen MR) is 118 cm³/mol. The minimum atomic E-state index is -4.57. The first kappa shape index (κ1) is 24.3. The fraction of sp³-hybridized carbons (Fsp3) is 0.211. The van der Waals surface area contributed by atoms with Crippen LogP contribution in [0.2, 0.25) is 10.0 Å². The van der Waals surface area contributed by atoms with Crippen molar-refractivity contribution in [3.63, 3.8) is 0 Å². The third-order valence-electron chi connectivity index (χ3n) is 4.40. The van der Waals surface area contributed by atoms with Crippen LogP contribution in [0.25, 0.3) is 0 Å². The van der Waals surface area contributed by atoms with Crippen LogP contribution in [0.5, 0.6) is 0 Å². The summed E-state index contributed by atoms with van der Waals surface area (Å²) in [5, 5.41) is 9.86. The van der Waals surface area contributed by atoms with Crippen LogP contribution in [0.1, 0.15) is 5.56 Å². The number of hydrogen-bond acceptors (Lipinski definition) is 6. The van der Waals surface area contributed by atoms with Gasteiger partial charge in [-0.2, -0.15) is 13.2 Å². The molecule has 0 radical (unpaired) electrons. The number of aliphatic imine (C=N–C) groups is 1. The average molecular weight is 508 g/mol. The molecule has 1 unspecified atom stereocenters. The van der Waals surface area contributed by atoms with Crippen LogP contribution in [0.3, 0.4) is 0 Å². The largest absolute Gasteiger partial charge is 0.419 e. The number of rotatable bonds is 7. The van der Waals surface area contributed by atoms with E-state index in [4.69, 9.17) is 28.3 Å². The number of alkyl halides is 3. The van der Waals surface area contributed by atoms with Gasteiger partial charge in [0.05, 0.1) is 20.5 Å². The van der Waals surface area contributed by atoms with Crippen molar-refractivity contribution < 1.29 is 21.6 Å². The highest BCUT2D eigenvalue weighted by molar-refractivity contribution is 7.89. The van der Waals surface area contributed by atoms with Crippen LogP contribution in [-0.4, -0.2) is 38.7 Å². The Kier molecular flexibility index (Phi) is 7.36. The SMILES string of the molecule is NS(=O)(=O)c1ccc(CCNN2C=C(C(F)(F)F)C=NC2Nc2ccc(Cl)c(Cl)c2)cc1. The fourth-order valence-corrected chi connectivity index (χ4v) is 3.59. The molecule has 2 aromatic carbocycles. The van der Waals surface area contributed by atoms with E-state index in [1.165, 1.54) is 23.2 Å². The Labute approximate surface area is 192 Å². The number of halogens is 5. The van der Waals surface area contributed by atoms with E-state index >= 15 is 0 Å². The second-order valence-corrected chi connectivity index (χ2v) is 9.14. The highest BCUT2D eigenvalue weighted by atomic mass is 35.5. The molecule has 0 saturated carbocycles. The van der Waals surface area contributed by atoms with E-state index < -0.39 is 28.1 Å². The van der Waals surface area contributed by atoms with E-state index in [1.807, 2.05) is 0 Å². The molecule has 32 heavy (non-hydrogen) atoms. The molecule has 0 saturated heterocycles. The molecular formula is C19H18Cl2F3N5O2S. The Morgan fingerprint density at radius 3 is 2.38 bits per heavy atom. The summed E-state index contributed by atoms with van der Waals surface area (Å²) in [5.41, 5.74) is 3.24. The standard InChI is InChI=1S/C19H18Cl2F3N5O2S/c20-16-6-3-14(9-17(16)21)28-18-26-10-13(19(22,23)24)11-29(18)27-8-7-12-1-4-15(5-2-12)32(25,30)31/h1-6,9-11,18,27-28H,7-8H2,(H2,25,30,31). The first-order valence-corrected chi connectivity index (χ1v) is 11.4. The molecule has 2 aromatic rings. The molecule has 1 aliphatic rings. The monoisotopic (exact) mass is 507 g/mol. The average Bonchev–Trinajstić information content (AvgIpc) is 2.71. The number of benzene rings is 2. The maximum atomic E-state index is 13.2. The number of hydrazine groups is 1. The van der Waals surface area contributed by atoms with Gasteiger partial charge in [0.15, 0.2) is 0 Å². The molecule has 0 aliphatic carbocycles. The number of allylic oxidation sites excluding steroid dienone is 1. The van der Waals surface area contributed by atoms with Crippen molar-refractivity contribution in [2.24, 2.45) is 10.1 Å². The Morgan fingerprint density at radius 2 is 1.78 bits per heavy atom. The lowest BCUT2D eigenvalue weighted by Crippen LogP contribution is -2.48. The van der Waals surface area contributed by atoms with Gasteiger partial charge in [0.2, 0.25) is 16.3 Å². The Bertz CT molecular complexity index is 1140. The zero-order valence-electron chi connectivity index (χ0n) is 16.3. The minimum Gasteiger partial charge on any atom is -0.346 e. The van der Waals surface area contributed by atoms with E-state index in [-0.39, 0.29) is 16.5 Å². The van der Waals surface area contributed by atoms with E-state index in [0.29, 0.717) is 17.1 Å². The topological polar surface area (TPSA) is 99.8 Å². The van der Waals surface area contributed by atoms with E-state index in [1.54, 1.807) is 24.3 Å². The second-order valence-electron chi connectivity index (χ2n) is 6.76. The zero-order chi connectivity index (χ0) is 23.5. The first-order chi connectivity index (χ1) is 14.9. The second kappa shape index (κ2) is 9.67. The Hall–Kier alpha value is -2.31. The van der Waals surface area contributed by atoms with Crippen molar-refractivity contribution in [1.29, 1.82) is 0 Å². The first-order valence-electron chi connectivity index (χ1n) is 9.11. The number of anilines is 1. The smallest absolute Gasteiger partial charge is 0.346 e. The molecule has 7 nitrogen and oxygen atoms in total. The molecule has 0 spiro atoms. The summed E-state index contributed by atoms with van der Waals surface area (Å²) in [6, 6.07) is 10.6. The molecule has 1 atom stereocenters. The highest BCUT2D eigenvalue weighted by Crippen LogP contribution is 2.29. The van der Waals surface area contributed by atoms with Gasteiger partial charge in [-0.25, -0.2) is 24.0 Å². The number of primary sulfonamides is 1. The van der Waals surface area contributed by atoms with Gasteiger partial charge >= 0.3 is 6.18 Å². The molecule has 172 valence electrons. The molecule has 0 aromatic heterocycles. The number of nitrogens with zero attached hydrogens (tertiary/aromatic N) is 2. The zero-order valence-corrected chi connectivity index (χ0v) is 18.6. The molecular weight excluding hydrogens is 490 g/mol. The van der Waals surface area contributed by atoms with E-state index in [2.05, 4.69) is 15.7 Å². The van der Waals surface area contributed by atoms with Crippen molar-refractivity contribution in [2.75, 3.05) is 11.9 Å². The van der Waals surface area contributed by atoms with Gasteiger partial charge in [-0.1, -0.05) is 35.3 Å². The highest BCUT2D eigenvalue weighted by Gasteiger charge is 2.36. The predicted octanol–water partition coefficient (Wildman–Crippen LogP) is 3.92. The van der Waals surface area contributed by atoms with Crippen LogP contribution in [-0.2, 0) is 16.4 Å². The van der Waals surface area contributed by atoms with Gasteiger partial charge in [0, 0.05) is 24.6 Å².